The van der Waals surface area contributed by atoms with E-state index in [-0.39, 0.29) is 0 Å². The standard InChI is InChI=1S/C17H37N5/c1-5-18-17(20-12-15-21(4)6-2)19-11-9-14-22-13-8-7-10-16(22)3/h16H,5-15H2,1-4H3,(H2,18,19,20). The van der Waals surface area contributed by atoms with Gasteiger partial charge in [0, 0.05) is 38.8 Å². The van der Waals surface area contributed by atoms with Crippen LogP contribution < -0.4 is 10.6 Å². The lowest BCUT2D eigenvalue weighted by molar-refractivity contribution is 0.160. The number of nitrogens with one attached hydrogen (secondary N) is 2. The molecule has 22 heavy (non-hydrogen) atoms. The highest BCUT2D eigenvalue weighted by atomic mass is 15.2. The van der Waals surface area contributed by atoms with Gasteiger partial charge in [0.15, 0.2) is 5.96 Å². The molecular weight excluding hydrogens is 274 g/mol. The molecule has 2 N–H and O–H groups in total. The first-order chi connectivity index (χ1) is 10.7. The molecule has 1 saturated heterocycles. The van der Waals surface area contributed by atoms with Crippen molar-refractivity contribution in [2.75, 3.05) is 52.9 Å². The van der Waals surface area contributed by atoms with Crippen LogP contribution in [0.4, 0.5) is 0 Å². The summed E-state index contributed by atoms with van der Waals surface area (Å²) in [6.45, 7) is 14.0. The van der Waals surface area contributed by atoms with Crippen molar-refractivity contribution >= 4 is 5.96 Å². The number of hydrogen-bond acceptors (Lipinski definition) is 3. The quantitative estimate of drug-likeness (QED) is 0.387. The van der Waals surface area contributed by atoms with E-state index in [1.54, 1.807) is 0 Å². The molecule has 1 fully saturated rings. The smallest absolute Gasteiger partial charge is 0.191 e. The molecule has 5 nitrogen and oxygen atoms in total. The summed E-state index contributed by atoms with van der Waals surface area (Å²) in [7, 11) is 2.14. The first-order valence-corrected chi connectivity index (χ1v) is 9.12. The summed E-state index contributed by atoms with van der Waals surface area (Å²) in [5.74, 6) is 0.957. The van der Waals surface area contributed by atoms with E-state index in [1.165, 1.54) is 32.4 Å². The summed E-state index contributed by atoms with van der Waals surface area (Å²) in [6, 6.07) is 0.758. The molecule has 0 aromatic rings. The SMILES string of the molecule is CCNC(=NCCCN1CCCCC1C)NCCN(C)CC. The third-order valence-corrected chi connectivity index (χ3v) is 4.48. The van der Waals surface area contributed by atoms with Gasteiger partial charge in [-0.25, -0.2) is 0 Å². The lowest BCUT2D eigenvalue weighted by Crippen LogP contribution is -2.41. The highest BCUT2D eigenvalue weighted by molar-refractivity contribution is 5.79. The van der Waals surface area contributed by atoms with Crippen LogP contribution >= 0.6 is 0 Å². The third-order valence-electron chi connectivity index (χ3n) is 4.48. The highest BCUT2D eigenvalue weighted by Crippen LogP contribution is 2.16. The van der Waals surface area contributed by atoms with Crippen LogP contribution in [-0.4, -0.2) is 74.7 Å². The number of hydrogen-bond donors (Lipinski definition) is 2. The summed E-state index contributed by atoms with van der Waals surface area (Å²) in [6.07, 6.45) is 5.27. The van der Waals surface area contributed by atoms with Gasteiger partial charge in [0.1, 0.15) is 0 Å². The molecule has 1 unspecified atom stereocenters. The van der Waals surface area contributed by atoms with Gasteiger partial charge in [-0.1, -0.05) is 13.3 Å². The highest BCUT2D eigenvalue weighted by Gasteiger charge is 2.16. The van der Waals surface area contributed by atoms with Gasteiger partial charge < -0.3 is 20.4 Å². The van der Waals surface area contributed by atoms with Crippen LogP contribution in [0.2, 0.25) is 0 Å². The van der Waals surface area contributed by atoms with Crippen LogP contribution in [0, 0.1) is 0 Å². The van der Waals surface area contributed by atoms with Gasteiger partial charge >= 0.3 is 0 Å². The molecule has 0 saturated carbocycles. The number of aliphatic imine (C=N–C) groups is 1. The van der Waals surface area contributed by atoms with Crippen LogP contribution in [0.15, 0.2) is 4.99 Å². The molecule has 5 heteroatoms. The number of likely N-dealkylation sites (N-methyl/N-ethyl adjacent to an activating group) is 1. The van der Waals surface area contributed by atoms with Crippen molar-refractivity contribution in [2.24, 2.45) is 4.99 Å². The van der Waals surface area contributed by atoms with Crippen molar-refractivity contribution in [3.63, 3.8) is 0 Å². The zero-order valence-corrected chi connectivity index (χ0v) is 15.2. The van der Waals surface area contributed by atoms with Crippen LogP contribution in [0.25, 0.3) is 0 Å². The first-order valence-electron chi connectivity index (χ1n) is 9.12. The molecule has 0 amide bonds. The van der Waals surface area contributed by atoms with E-state index in [1.807, 2.05) is 0 Å². The van der Waals surface area contributed by atoms with Crippen molar-refractivity contribution in [3.8, 4) is 0 Å². The number of nitrogens with zero attached hydrogens (tertiary/aromatic N) is 3. The summed E-state index contributed by atoms with van der Waals surface area (Å²) in [5, 5.41) is 6.75. The molecule has 0 aromatic heterocycles. The maximum absolute atomic E-state index is 4.69. The number of guanidine groups is 1. The Hall–Kier alpha value is -0.810. The van der Waals surface area contributed by atoms with E-state index in [4.69, 9.17) is 4.99 Å². The van der Waals surface area contributed by atoms with Crippen molar-refractivity contribution < 1.29 is 0 Å². The largest absolute Gasteiger partial charge is 0.357 e. The molecule has 0 radical (unpaired) electrons. The van der Waals surface area contributed by atoms with E-state index < -0.39 is 0 Å². The number of piperidine rings is 1. The minimum Gasteiger partial charge on any atom is -0.357 e. The minimum absolute atomic E-state index is 0.758. The van der Waals surface area contributed by atoms with Crippen molar-refractivity contribution in [1.29, 1.82) is 0 Å². The average Bonchev–Trinajstić information content (AvgIpc) is 2.52. The van der Waals surface area contributed by atoms with E-state index >= 15 is 0 Å². The third kappa shape index (κ3) is 7.99. The Morgan fingerprint density at radius 3 is 2.77 bits per heavy atom. The normalized spacial score (nSPS) is 20.4. The molecular formula is C17H37N5. The maximum atomic E-state index is 4.69. The predicted molar refractivity (Wildman–Crippen MR) is 96.7 cm³/mol. The predicted octanol–water partition coefficient (Wildman–Crippen LogP) is 1.76. The Morgan fingerprint density at radius 2 is 2.09 bits per heavy atom. The van der Waals surface area contributed by atoms with Crippen LogP contribution in [0.1, 0.15) is 46.5 Å². The van der Waals surface area contributed by atoms with Crippen molar-refractivity contribution in [1.82, 2.24) is 20.4 Å². The van der Waals surface area contributed by atoms with E-state index in [9.17, 15) is 0 Å². The number of likely N-dealkylation sites (tertiary alicyclic amines) is 1. The summed E-state index contributed by atoms with van der Waals surface area (Å²) in [5.41, 5.74) is 0. The molecule has 1 rings (SSSR count). The zero-order chi connectivity index (χ0) is 16.2. The molecule has 1 heterocycles. The molecule has 130 valence electrons. The Kier molecular flexibility index (Phi) is 10.2. The van der Waals surface area contributed by atoms with E-state index in [0.29, 0.717) is 0 Å². The molecule has 1 atom stereocenters. The summed E-state index contributed by atoms with van der Waals surface area (Å²) >= 11 is 0. The van der Waals surface area contributed by atoms with Gasteiger partial charge in [-0.05, 0) is 53.2 Å². The Balaban J connectivity index is 2.23. The molecule has 0 aliphatic carbocycles. The summed E-state index contributed by atoms with van der Waals surface area (Å²) < 4.78 is 0. The second-order valence-corrected chi connectivity index (χ2v) is 6.32. The monoisotopic (exact) mass is 311 g/mol. The van der Waals surface area contributed by atoms with E-state index in [0.717, 1.165) is 51.1 Å². The fourth-order valence-electron chi connectivity index (χ4n) is 2.82. The van der Waals surface area contributed by atoms with Gasteiger partial charge in [0.05, 0.1) is 0 Å². The fourth-order valence-corrected chi connectivity index (χ4v) is 2.82. The van der Waals surface area contributed by atoms with E-state index in [2.05, 4.69) is 48.3 Å². The molecule has 1 aliphatic heterocycles. The van der Waals surface area contributed by atoms with Crippen molar-refractivity contribution in [3.05, 3.63) is 0 Å². The van der Waals surface area contributed by atoms with Crippen LogP contribution in [-0.2, 0) is 0 Å². The van der Waals surface area contributed by atoms with Gasteiger partial charge in [-0.3, -0.25) is 4.99 Å². The van der Waals surface area contributed by atoms with Gasteiger partial charge in [0.25, 0.3) is 0 Å². The molecule has 1 aliphatic rings. The van der Waals surface area contributed by atoms with Gasteiger partial charge in [-0.15, -0.1) is 0 Å². The second-order valence-electron chi connectivity index (χ2n) is 6.32. The average molecular weight is 312 g/mol. The molecule has 0 spiro atoms. The lowest BCUT2D eigenvalue weighted by Gasteiger charge is -2.33. The zero-order valence-electron chi connectivity index (χ0n) is 15.2. The minimum atomic E-state index is 0.758. The Bertz CT molecular complexity index is 305. The lowest BCUT2D eigenvalue weighted by atomic mass is 10.0. The first kappa shape index (κ1) is 19.2. The second kappa shape index (κ2) is 11.7. The van der Waals surface area contributed by atoms with Crippen LogP contribution in [0.3, 0.4) is 0 Å². The Morgan fingerprint density at radius 1 is 1.27 bits per heavy atom. The van der Waals surface area contributed by atoms with Gasteiger partial charge in [0.2, 0.25) is 0 Å². The topological polar surface area (TPSA) is 42.9 Å². The fraction of sp³-hybridized carbons (Fsp3) is 0.941. The maximum Gasteiger partial charge on any atom is 0.191 e. The summed E-state index contributed by atoms with van der Waals surface area (Å²) in [4.78, 5) is 9.62. The van der Waals surface area contributed by atoms with Gasteiger partial charge in [-0.2, -0.15) is 0 Å². The molecule has 0 aromatic carbocycles. The molecule has 0 bridgehead atoms. The number of rotatable bonds is 9. The van der Waals surface area contributed by atoms with Crippen LogP contribution in [0.5, 0.6) is 0 Å². The van der Waals surface area contributed by atoms with Crippen molar-refractivity contribution in [2.45, 2.75) is 52.5 Å². The Labute approximate surface area is 137 Å².